The summed E-state index contributed by atoms with van der Waals surface area (Å²) in [5.41, 5.74) is 1.12. The van der Waals surface area contributed by atoms with Crippen LogP contribution < -0.4 is 14.7 Å². The lowest BCUT2D eigenvalue weighted by molar-refractivity contribution is 0.160. The monoisotopic (exact) mass is 392 g/mol. The lowest BCUT2D eigenvalue weighted by Gasteiger charge is -2.23. The lowest BCUT2D eigenvalue weighted by Crippen LogP contribution is -2.46. The second-order valence-electron chi connectivity index (χ2n) is 7.40. The molecule has 3 rings (SSSR count). The third-order valence-corrected chi connectivity index (χ3v) is 7.38. The first kappa shape index (κ1) is 20.2. The average molecular weight is 393 g/mol. The largest absolute Gasteiger partial charge is 0.494 e. The number of hydrogen-bond acceptors (Lipinski definition) is 3. The Balaban J connectivity index is 1.55. The summed E-state index contributed by atoms with van der Waals surface area (Å²) in [6.45, 7) is 7.94. The maximum absolute atomic E-state index is 6.10. The van der Waals surface area contributed by atoms with E-state index in [1.165, 1.54) is 5.19 Å². The second kappa shape index (κ2) is 9.58. The van der Waals surface area contributed by atoms with E-state index in [1.54, 1.807) is 0 Å². The minimum atomic E-state index is -1.66. The Bertz CT molecular complexity index is 861. The molecule has 146 valence electrons. The van der Waals surface area contributed by atoms with Gasteiger partial charge in [-0.3, -0.25) is 0 Å². The van der Waals surface area contributed by atoms with Gasteiger partial charge >= 0.3 is 0 Å². The minimum Gasteiger partial charge on any atom is -0.494 e. The van der Waals surface area contributed by atoms with E-state index in [2.05, 4.69) is 43.4 Å². The molecule has 0 aliphatic heterocycles. The van der Waals surface area contributed by atoms with Crippen molar-refractivity contribution in [3.8, 4) is 17.2 Å². The summed E-state index contributed by atoms with van der Waals surface area (Å²) < 4.78 is 17.5. The molecule has 0 fully saturated rings. The van der Waals surface area contributed by atoms with Crippen molar-refractivity contribution in [3.05, 3.63) is 84.4 Å². The van der Waals surface area contributed by atoms with Crippen molar-refractivity contribution in [2.45, 2.75) is 26.6 Å². The molecule has 0 saturated carbocycles. The van der Waals surface area contributed by atoms with Gasteiger partial charge in [0.15, 0.2) is 0 Å². The van der Waals surface area contributed by atoms with E-state index in [1.807, 2.05) is 55.5 Å². The maximum Gasteiger partial charge on any atom is 0.127 e. The Morgan fingerprint density at radius 1 is 0.750 bits per heavy atom. The van der Waals surface area contributed by atoms with Crippen molar-refractivity contribution in [1.29, 1.82) is 0 Å². The molecule has 28 heavy (non-hydrogen) atoms. The Morgan fingerprint density at radius 3 is 2.18 bits per heavy atom. The molecule has 3 aromatic carbocycles. The van der Waals surface area contributed by atoms with Gasteiger partial charge in [-0.15, -0.1) is 0 Å². The zero-order chi connectivity index (χ0) is 19.8. The highest BCUT2D eigenvalue weighted by Gasteiger charge is 2.24. The fourth-order valence-corrected chi connectivity index (χ4v) is 4.85. The van der Waals surface area contributed by atoms with Gasteiger partial charge in [0.2, 0.25) is 0 Å². The first-order valence-electron chi connectivity index (χ1n) is 9.70. The van der Waals surface area contributed by atoms with Gasteiger partial charge in [0, 0.05) is 6.23 Å². The van der Waals surface area contributed by atoms with Crippen molar-refractivity contribution in [3.63, 3.8) is 0 Å². The summed E-state index contributed by atoms with van der Waals surface area (Å²) in [6.07, 6.45) is 0.769. The average Bonchev–Trinajstić information content (AvgIpc) is 2.70. The molecule has 0 spiro atoms. The molecule has 0 atom stereocenters. The number of ether oxygens (including phenoxy) is 3. The Hall–Kier alpha value is -2.56. The van der Waals surface area contributed by atoms with Gasteiger partial charge in [-0.2, -0.15) is 0 Å². The van der Waals surface area contributed by atoms with E-state index < -0.39 is 8.07 Å². The third kappa shape index (κ3) is 5.71. The Kier molecular flexibility index (Phi) is 6.90. The van der Waals surface area contributed by atoms with Crippen LogP contribution >= 0.6 is 0 Å². The molecular formula is C24H28O3Si. The van der Waals surface area contributed by atoms with E-state index in [-0.39, 0.29) is 0 Å². The molecular weight excluding hydrogens is 364 g/mol. The van der Waals surface area contributed by atoms with Crippen LogP contribution in [0.5, 0.6) is 17.2 Å². The topological polar surface area (TPSA) is 27.7 Å². The number of para-hydroxylation sites is 1. The molecule has 0 bridgehead atoms. The molecule has 0 N–H and O–H groups in total. The van der Waals surface area contributed by atoms with Crippen LogP contribution in [0.2, 0.25) is 13.1 Å². The Morgan fingerprint density at radius 2 is 1.46 bits per heavy atom. The van der Waals surface area contributed by atoms with Crippen LogP contribution in [-0.4, -0.2) is 20.9 Å². The van der Waals surface area contributed by atoms with E-state index in [4.69, 9.17) is 14.2 Å². The molecule has 0 radical (unpaired) electrons. The standard InChI is InChI=1S/C24H28O3Si/c1-4-26-21-13-15-24(16-14-21)28(2,3)19-25-18-20-9-8-12-23(17-20)27-22-10-6-5-7-11-22/h5-17H,4,18-19H2,1-3H3. The van der Waals surface area contributed by atoms with Gasteiger partial charge in [0.25, 0.3) is 0 Å². The van der Waals surface area contributed by atoms with Gasteiger partial charge in [0.05, 0.1) is 13.2 Å². The zero-order valence-corrected chi connectivity index (χ0v) is 17.9. The first-order valence-corrected chi connectivity index (χ1v) is 12.9. The van der Waals surface area contributed by atoms with Crippen molar-refractivity contribution in [2.75, 3.05) is 12.8 Å². The number of rotatable bonds is 9. The van der Waals surface area contributed by atoms with Crippen LogP contribution in [0.1, 0.15) is 12.5 Å². The molecule has 3 nitrogen and oxygen atoms in total. The van der Waals surface area contributed by atoms with Crippen LogP contribution in [0.15, 0.2) is 78.9 Å². The highest BCUT2D eigenvalue weighted by atomic mass is 28.3. The molecule has 3 aromatic rings. The summed E-state index contributed by atoms with van der Waals surface area (Å²) in [4.78, 5) is 0. The van der Waals surface area contributed by atoms with E-state index in [9.17, 15) is 0 Å². The van der Waals surface area contributed by atoms with Gasteiger partial charge in [0.1, 0.15) is 25.3 Å². The molecule has 0 aliphatic rings. The Labute approximate surface area is 168 Å². The second-order valence-corrected chi connectivity index (χ2v) is 12.0. The lowest BCUT2D eigenvalue weighted by atomic mass is 10.2. The molecule has 0 aromatic heterocycles. The maximum atomic E-state index is 6.10. The summed E-state index contributed by atoms with van der Waals surface area (Å²) >= 11 is 0. The molecule has 4 heteroatoms. The van der Waals surface area contributed by atoms with Crippen molar-refractivity contribution in [1.82, 2.24) is 0 Å². The highest BCUT2D eigenvalue weighted by molar-refractivity contribution is 6.89. The molecule has 0 aliphatic carbocycles. The van der Waals surface area contributed by atoms with E-state index in [0.717, 1.165) is 29.0 Å². The van der Waals surface area contributed by atoms with E-state index >= 15 is 0 Å². The SMILES string of the molecule is CCOc1ccc([Si](C)(C)COCc2cccc(Oc3ccccc3)c2)cc1. The normalized spacial score (nSPS) is 11.2. The fourth-order valence-electron chi connectivity index (χ4n) is 3.00. The number of hydrogen-bond donors (Lipinski definition) is 0. The third-order valence-electron chi connectivity index (χ3n) is 4.56. The van der Waals surface area contributed by atoms with Crippen LogP contribution in [-0.2, 0) is 11.3 Å². The quantitative estimate of drug-likeness (QED) is 0.447. The van der Waals surface area contributed by atoms with Crippen LogP contribution in [0.3, 0.4) is 0 Å². The van der Waals surface area contributed by atoms with Crippen molar-refractivity contribution >= 4 is 13.3 Å². The van der Waals surface area contributed by atoms with Crippen LogP contribution in [0, 0.1) is 0 Å². The van der Waals surface area contributed by atoms with Gasteiger partial charge < -0.3 is 14.2 Å². The molecule has 0 amide bonds. The smallest absolute Gasteiger partial charge is 0.127 e. The molecule has 0 unspecified atom stereocenters. The van der Waals surface area contributed by atoms with Crippen LogP contribution in [0.25, 0.3) is 0 Å². The fraction of sp³-hybridized carbons (Fsp3) is 0.250. The van der Waals surface area contributed by atoms with Crippen LogP contribution in [0.4, 0.5) is 0 Å². The highest BCUT2D eigenvalue weighted by Crippen LogP contribution is 2.22. The first-order chi connectivity index (χ1) is 13.6. The minimum absolute atomic E-state index is 0.583. The molecule has 0 heterocycles. The summed E-state index contributed by atoms with van der Waals surface area (Å²) in [6, 6.07) is 26.4. The molecule has 0 saturated heterocycles. The predicted octanol–water partition coefficient (Wildman–Crippen LogP) is 5.55. The summed E-state index contributed by atoms with van der Waals surface area (Å²) in [5.74, 6) is 2.59. The predicted molar refractivity (Wildman–Crippen MR) is 117 cm³/mol. The summed E-state index contributed by atoms with van der Waals surface area (Å²) in [5, 5.41) is 1.37. The number of benzene rings is 3. The van der Waals surface area contributed by atoms with Crippen molar-refractivity contribution in [2.24, 2.45) is 0 Å². The zero-order valence-electron chi connectivity index (χ0n) is 16.9. The summed E-state index contributed by atoms with van der Waals surface area (Å²) in [7, 11) is -1.66. The van der Waals surface area contributed by atoms with Gasteiger partial charge in [-0.25, -0.2) is 0 Å². The van der Waals surface area contributed by atoms with E-state index in [0.29, 0.717) is 13.2 Å². The van der Waals surface area contributed by atoms with Crippen molar-refractivity contribution < 1.29 is 14.2 Å². The van der Waals surface area contributed by atoms with Gasteiger partial charge in [-0.1, -0.05) is 60.7 Å². The van der Waals surface area contributed by atoms with Gasteiger partial charge in [-0.05, 0) is 48.9 Å².